The van der Waals surface area contributed by atoms with Gasteiger partial charge in [0.1, 0.15) is 5.82 Å². The molecule has 2 aromatic carbocycles. The Kier molecular flexibility index (Phi) is 5.74. The van der Waals surface area contributed by atoms with Crippen LogP contribution in [0.2, 0.25) is 0 Å². The molecule has 26 heavy (non-hydrogen) atoms. The number of piperidine rings is 1. The minimum Gasteiger partial charge on any atom is -0.319 e. The zero-order valence-corrected chi connectivity index (χ0v) is 16.3. The first kappa shape index (κ1) is 19.0. The van der Waals surface area contributed by atoms with Crippen molar-refractivity contribution in [1.82, 2.24) is 4.31 Å². The van der Waals surface area contributed by atoms with E-state index in [0.717, 1.165) is 19.3 Å². The van der Waals surface area contributed by atoms with Crippen molar-refractivity contribution in [2.24, 2.45) is 0 Å². The predicted molar refractivity (Wildman–Crippen MR) is 101 cm³/mol. The van der Waals surface area contributed by atoms with E-state index >= 15 is 0 Å². The van der Waals surface area contributed by atoms with Gasteiger partial charge in [-0.05, 0) is 49.2 Å². The van der Waals surface area contributed by atoms with Crippen LogP contribution in [0.1, 0.15) is 29.6 Å². The van der Waals surface area contributed by atoms with E-state index in [1.807, 2.05) is 0 Å². The average Bonchev–Trinajstić information content (AvgIpc) is 2.65. The van der Waals surface area contributed by atoms with E-state index in [0.29, 0.717) is 17.6 Å². The lowest BCUT2D eigenvalue weighted by Gasteiger charge is -2.26. The number of hydrogen-bond acceptors (Lipinski definition) is 3. The van der Waals surface area contributed by atoms with Gasteiger partial charge in [0.05, 0.1) is 10.6 Å². The molecule has 2 aromatic rings. The molecule has 138 valence electrons. The molecule has 5 nitrogen and oxygen atoms in total. The van der Waals surface area contributed by atoms with Gasteiger partial charge in [-0.2, -0.15) is 4.31 Å². The molecule has 0 saturated carbocycles. The maximum Gasteiger partial charge on any atom is 0.255 e. The fraction of sp³-hybridized carbons (Fsp3) is 0.278. The number of hydrogen-bond donors (Lipinski definition) is 1. The van der Waals surface area contributed by atoms with Gasteiger partial charge in [0.2, 0.25) is 10.0 Å². The number of sulfonamides is 1. The molecule has 3 rings (SSSR count). The van der Waals surface area contributed by atoms with Crippen LogP contribution < -0.4 is 5.32 Å². The van der Waals surface area contributed by atoms with Crippen LogP contribution in [0.4, 0.5) is 10.1 Å². The van der Waals surface area contributed by atoms with E-state index < -0.39 is 21.7 Å². The van der Waals surface area contributed by atoms with Crippen LogP contribution in [0.5, 0.6) is 0 Å². The quantitative estimate of drug-likeness (QED) is 0.780. The first-order chi connectivity index (χ1) is 12.4. The Morgan fingerprint density at radius 3 is 2.50 bits per heavy atom. The summed E-state index contributed by atoms with van der Waals surface area (Å²) >= 11 is 3.15. The molecule has 0 atom stereocenters. The largest absolute Gasteiger partial charge is 0.319 e. The van der Waals surface area contributed by atoms with Gasteiger partial charge in [-0.3, -0.25) is 4.79 Å². The number of anilines is 1. The number of nitrogens with zero attached hydrogens (tertiary/aromatic N) is 1. The highest BCUT2D eigenvalue weighted by molar-refractivity contribution is 9.10. The summed E-state index contributed by atoms with van der Waals surface area (Å²) in [5, 5.41) is 2.47. The van der Waals surface area contributed by atoms with Crippen LogP contribution >= 0.6 is 15.9 Å². The highest BCUT2D eigenvalue weighted by atomic mass is 79.9. The molecule has 1 heterocycles. The summed E-state index contributed by atoms with van der Waals surface area (Å²) in [6, 6.07) is 10.1. The molecule has 1 N–H and O–H groups in total. The Hall–Kier alpha value is -1.77. The van der Waals surface area contributed by atoms with E-state index in [1.54, 1.807) is 6.07 Å². The topological polar surface area (TPSA) is 66.5 Å². The van der Waals surface area contributed by atoms with Gasteiger partial charge >= 0.3 is 0 Å². The van der Waals surface area contributed by atoms with Crippen molar-refractivity contribution in [2.75, 3.05) is 18.4 Å². The Bertz CT molecular complexity index is 928. The van der Waals surface area contributed by atoms with E-state index in [4.69, 9.17) is 0 Å². The van der Waals surface area contributed by atoms with Gasteiger partial charge in [-0.25, -0.2) is 12.8 Å². The van der Waals surface area contributed by atoms with Crippen molar-refractivity contribution < 1.29 is 17.6 Å². The SMILES string of the molecule is O=C(Nc1ccc(Br)cc1F)c1cccc(S(=O)(=O)N2CCCCC2)c1. The van der Waals surface area contributed by atoms with Gasteiger partial charge < -0.3 is 5.32 Å². The Morgan fingerprint density at radius 1 is 1.08 bits per heavy atom. The normalized spacial score (nSPS) is 15.6. The first-order valence-corrected chi connectivity index (χ1v) is 10.5. The average molecular weight is 441 g/mol. The molecule has 0 unspecified atom stereocenters. The lowest BCUT2D eigenvalue weighted by Crippen LogP contribution is -2.35. The molecule has 0 radical (unpaired) electrons. The molecule has 1 saturated heterocycles. The van der Waals surface area contributed by atoms with Gasteiger partial charge in [0.25, 0.3) is 5.91 Å². The monoisotopic (exact) mass is 440 g/mol. The third-order valence-corrected chi connectivity index (χ3v) is 6.62. The number of carbonyl (C=O) groups excluding carboxylic acids is 1. The highest BCUT2D eigenvalue weighted by Gasteiger charge is 2.26. The Morgan fingerprint density at radius 2 is 1.81 bits per heavy atom. The molecular weight excluding hydrogens is 423 g/mol. The van der Waals surface area contributed by atoms with E-state index in [2.05, 4.69) is 21.2 Å². The first-order valence-electron chi connectivity index (χ1n) is 8.24. The summed E-state index contributed by atoms with van der Waals surface area (Å²) in [4.78, 5) is 12.5. The van der Waals surface area contributed by atoms with Crippen molar-refractivity contribution in [1.29, 1.82) is 0 Å². The van der Waals surface area contributed by atoms with Gasteiger partial charge in [-0.15, -0.1) is 0 Å². The highest BCUT2D eigenvalue weighted by Crippen LogP contribution is 2.23. The minimum absolute atomic E-state index is 0.0301. The summed E-state index contributed by atoms with van der Waals surface area (Å²) in [6.07, 6.45) is 2.69. The number of halogens is 2. The number of nitrogens with one attached hydrogen (secondary N) is 1. The number of amides is 1. The molecule has 8 heteroatoms. The van der Waals surface area contributed by atoms with Crippen molar-refractivity contribution in [2.45, 2.75) is 24.2 Å². The summed E-state index contributed by atoms with van der Waals surface area (Å²) in [7, 11) is -3.63. The summed E-state index contributed by atoms with van der Waals surface area (Å²) < 4.78 is 41.4. The molecule has 1 amide bonds. The molecule has 1 fully saturated rings. The Balaban J connectivity index is 1.83. The van der Waals surface area contributed by atoms with Crippen molar-refractivity contribution in [3.8, 4) is 0 Å². The van der Waals surface area contributed by atoms with Gasteiger partial charge in [0, 0.05) is 23.1 Å². The van der Waals surface area contributed by atoms with Crippen LogP contribution in [0.25, 0.3) is 0 Å². The molecule has 1 aliphatic heterocycles. The fourth-order valence-corrected chi connectivity index (χ4v) is 4.73. The molecular formula is C18H18BrFN2O3S. The molecule has 0 bridgehead atoms. The molecule has 1 aliphatic rings. The fourth-order valence-electron chi connectivity index (χ4n) is 2.84. The lowest BCUT2D eigenvalue weighted by atomic mass is 10.2. The number of benzene rings is 2. The van der Waals surface area contributed by atoms with E-state index in [1.165, 1.54) is 40.7 Å². The van der Waals surface area contributed by atoms with Crippen molar-refractivity contribution >= 4 is 37.5 Å². The van der Waals surface area contributed by atoms with E-state index in [9.17, 15) is 17.6 Å². The van der Waals surface area contributed by atoms with Crippen LogP contribution in [-0.4, -0.2) is 31.7 Å². The summed E-state index contributed by atoms with van der Waals surface area (Å²) in [6.45, 7) is 0.978. The minimum atomic E-state index is -3.63. The number of rotatable bonds is 4. The van der Waals surface area contributed by atoms with Gasteiger partial charge in [-0.1, -0.05) is 28.4 Å². The maximum atomic E-state index is 13.9. The second-order valence-electron chi connectivity index (χ2n) is 6.07. The summed E-state index contributed by atoms with van der Waals surface area (Å²) in [5.74, 6) is -1.15. The molecule has 0 spiro atoms. The smallest absolute Gasteiger partial charge is 0.255 e. The molecule has 0 aromatic heterocycles. The third-order valence-electron chi connectivity index (χ3n) is 4.23. The second-order valence-corrected chi connectivity index (χ2v) is 8.92. The van der Waals surface area contributed by atoms with E-state index in [-0.39, 0.29) is 16.1 Å². The van der Waals surface area contributed by atoms with Crippen LogP contribution in [0.3, 0.4) is 0 Å². The van der Waals surface area contributed by atoms with Crippen molar-refractivity contribution in [3.05, 3.63) is 58.3 Å². The third kappa shape index (κ3) is 4.13. The Labute approximate surface area is 160 Å². The standard InChI is InChI=1S/C18H18BrFN2O3S/c19-14-7-8-17(16(20)12-14)21-18(23)13-5-4-6-15(11-13)26(24,25)22-9-2-1-3-10-22/h4-8,11-12H,1-3,9-10H2,(H,21,23). The van der Waals surface area contributed by atoms with Crippen LogP contribution in [0.15, 0.2) is 51.8 Å². The number of carbonyl (C=O) groups is 1. The summed E-state index contributed by atoms with van der Waals surface area (Å²) in [5.41, 5.74) is 0.188. The lowest BCUT2D eigenvalue weighted by molar-refractivity contribution is 0.102. The van der Waals surface area contributed by atoms with Crippen LogP contribution in [0, 0.1) is 5.82 Å². The van der Waals surface area contributed by atoms with Crippen LogP contribution in [-0.2, 0) is 10.0 Å². The molecule has 0 aliphatic carbocycles. The van der Waals surface area contributed by atoms with Crippen molar-refractivity contribution in [3.63, 3.8) is 0 Å². The zero-order valence-electron chi connectivity index (χ0n) is 13.9. The zero-order chi connectivity index (χ0) is 18.7. The second kappa shape index (κ2) is 7.85. The maximum absolute atomic E-state index is 13.9. The van der Waals surface area contributed by atoms with Gasteiger partial charge in [0.15, 0.2) is 0 Å². The predicted octanol–water partition coefficient (Wildman–Crippen LogP) is 4.02.